The number of carbonyl (C=O) groups is 8. The minimum atomic E-state index is -1.57. The monoisotopic (exact) mass is 850 g/mol. The molecule has 0 aliphatic carbocycles. The van der Waals surface area contributed by atoms with Crippen molar-refractivity contribution in [2.75, 3.05) is 33.0 Å². The van der Waals surface area contributed by atoms with Crippen molar-refractivity contribution in [1.29, 1.82) is 0 Å². The second kappa shape index (κ2) is 29.8. The molecule has 1 heterocycles. The molecule has 4 atom stereocenters. The molecule has 0 bridgehead atoms. The molecule has 0 aromatic rings. The second-order valence-electron chi connectivity index (χ2n) is 14.3. The van der Waals surface area contributed by atoms with Crippen molar-refractivity contribution >= 4 is 47.8 Å². The number of rotatable bonds is 30. The summed E-state index contributed by atoms with van der Waals surface area (Å²) in [5.41, 5.74) is 0.979. The first-order chi connectivity index (χ1) is 28.4. The maximum atomic E-state index is 13.3. The molecule has 0 amide bonds. The average molecular weight is 851 g/mol. The molecule has 0 aromatic heterocycles. The van der Waals surface area contributed by atoms with Gasteiger partial charge in [0.2, 0.25) is 12.4 Å². The Balaban J connectivity index is 3.12. The third-order valence-electron chi connectivity index (χ3n) is 8.38. The van der Waals surface area contributed by atoms with E-state index in [1.54, 1.807) is 6.92 Å². The van der Waals surface area contributed by atoms with Gasteiger partial charge in [0.05, 0.1) is 33.0 Å². The summed E-state index contributed by atoms with van der Waals surface area (Å²) in [6.45, 7) is 20.0. The van der Waals surface area contributed by atoms with Crippen molar-refractivity contribution in [3.8, 4) is 0 Å². The number of hydrogen-bond donors (Lipinski definition) is 0. The van der Waals surface area contributed by atoms with E-state index >= 15 is 0 Å². The molecule has 17 nitrogen and oxygen atoms in total. The van der Waals surface area contributed by atoms with Crippen molar-refractivity contribution in [2.45, 2.75) is 142 Å². The third kappa shape index (κ3) is 23.3. The van der Waals surface area contributed by atoms with E-state index in [1.807, 2.05) is 0 Å². The van der Waals surface area contributed by atoms with E-state index in [0.717, 1.165) is 0 Å². The van der Waals surface area contributed by atoms with Gasteiger partial charge in [0.15, 0.2) is 12.2 Å². The predicted molar refractivity (Wildman–Crippen MR) is 213 cm³/mol. The van der Waals surface area contributed by atoms with Gasteiger partial charge in [0, 0.05) is 48.0 Å². The van der Waals surface area contributed by atoms with Crippen molar-refractivity contribution in [1.82, 2.24) is 0 Å². The fraction of sp³-hybridized carbons (Fsp3) is 0.628. The van der Waals surface area contributed by atoms with Gasteiger partial charge in [-0.1, -0.05) is 39.2 Å². The molecular weight excluding hydrogens is 788 g/mol. The Morgan fingerprint density at radius 3 is 1.10 bits per heavy atom. The SMILES string of the molecule is C=C(C)C(=O)OCCCCCCC(=O)O[C@H]1C(OC(=O)CCCCOC(=O)C(=C)C)OC[C@@H](OC(=O)CCCCOC(=O)C(=C)C)[C@@H]1OC(=O)CCCCOC(=O)C(=C)C. The molecule has 1 fully saturated rings. The molecule has 0 spiro atoms. The van der Waals surface area contributed by atoms with Crippen molar-refractivity contribution in [3.05, 3.63) is 48.6 Å². The minimum Gasteiger partial charge on any atom is -0.462 e. The van der Waals surface area contributed by atoms with Gasteiger partial charge in [0.25, 0.3) is 0 Å². The Kier molecular flexibility index (Phi) is 26.2. The fourth-order valence-electron chi connectivity index (χ4n) is 5.04. The van der Waals surface area contributed by atoms with Crippen molar-refractivity contribution in [2.24, 2.45) is 0 Å². The predicted octanol–water partition coefficient (Wildman–Crippen LogP) is 5.56. The molecule has 336 valence electrons. The van der Waals surface area contributed by atoms with Crippen LogP contribution in [0.5, 0.6) is 0 Å². The highest BCUT2D eigenvalue weighted by molar-refractivity contribution is 5.88. The van der Waals surface area contributed by atoms with Gasteiger partial charge >= 0.3 is 47.8 Å². The Labute approximate surface area is 352 Å². The summed E-state index contributed by atoms with van der Waals surface area (Å²) in [4.78, 5) is 99.1. The maximum absolute atomic E-state index is 13.3. The highest BCUT2D eigenvalue weighted by Crippen LogP contribution is 2.27. The van der Waals surface area contributed by atoms with E-state index < -0.39 is 79.0 Å². The lowest BCUT2D eigenvalue weighted by Crippen LogP contribution is -2.58. The highest BCUT2D eigenvalue weighted by Gasteiger charge is 2.49. The summed E-state index contributed by atoms with van der Waals surface area (Å²) in [5, 5.41) is 0. The summed E-state index contributed by atoms with van der Waals surface area (Å²) in [6, 6.07) is 0. The zero-order chi connectivity index (χ0) is 45.0. The summed E-state index contributed by atoms with van der Waals surface area (Å²) >= 11 is 0. The quantitative estimate of drug-likeness (QED) is 0.0374. The number of hydrogen-bond acceptors (Lipinski definition) is 17. The topological polar surface area (TPSA) is 220 Å². The van der Waals surface area contributed by atoms with E-state index in [4.69, 9.17) is 42.6 Å². The van der Waals surface area contributed by atoms with Crippen molar-refractivity contribution < 1.29 is 81.0 Å². The zero-order valence-corrected chi connectivity index (χ0v) is 35.5. The van der Waals surface area contributed by atoms with Crippen LogP contribution in [-0.4, -0.2) is 105 Å². The van der Waals surface area contributed by atoms with Gasteiger partial charge in [-0.2, -0.15) is 0 Å². The smallest absolute Gasteiger partial charge is 0.333 e. The van der Waals surface area contributed by atoms with Crippen LogP contribution < -0.4 is 0 Å². The molecule has 1 unspecified atom stereocenters. The first-order valence-electron chi connectivity index (χ1n) is 20.1. The summed E-state index contributed by atoms with van der Waals surface area (Å²) in [7, 11) is 0. The van der Waals surface area contributed by atoms with Gasteiger partial charge in [0.1, 0.15) is 0 Å². The lowest BCUT2D eigenvalue weighted by molar-refractivity contribution is -0.275. The van der Waals surface area contributed by atoms with Gasteiger partial charge < -0.3 is 42.6 Å². The summed E-state index contributed by atoms with van der Waals surface area (Å²) in [6.07, 6.45) is -2.49. The number of unbranched alkanes of at least 4 members (excludes halogenated alkanes) is 6. The minimum absolute atomic E-state index is 0.0249. The van der Waals surface area contributed by atoms with Crippen LogP contribution in [-0.2, 0) is 81.0 Å². The molecule has 17 heteroatoms. The molecule has 0 saturated carbocycles. The van der Waals surface area contributed by atoms with Crippen LogP contribution in [0.15, 0.2) is 48.6 Å². The van der Waals surface area contributed by atoms with Crippen LogP contribution in [0.4, 0.5) is 0 Å². The molecule has 1 aliphatic heterocycles. The van der Waals surface area contributed by atoms with Gasteiger partial charge in [-0.3, -0.25) is 19.2 Å². The fourth-order valence-corrected chi connectivity index (χ4v) is 5.04. The molecule has 0 N–H and O–H groups in total. The molecule has 1 aliphatic rings. The first kappa shape index (κ1) is 52.7. The maximum Gasteiger partial charge on any atom is 0.333 e. The lowest BCUT2D eigenvalue weighted by Gasteiger charge is -2.40. The molecule has 1 rings (SSSR count). The molecule has 0 aromatic carbocycles. The van der Waals surface area contributed by atoms with E-state index in [2.05, 4.69) is 26.3 Å². The Morgan fingerprint density at radius 2 is 0.717 bits per heavy atom. The van der Waals surface area contributed by atoms with Crippen LogP contribution >= 0.6 is 0 Å². The lowest BCUT2D eigenvalue weighted by atomic mass is 10.0. The second-order valence-corrected chi connectivity index (χ2v) is 14.3. The number of esters is 8. The van der Waals surface area contributed by atoms with Crippen LogP contribution in [0.3, 0.4) is 0 Å². The Hall–Kier alpha value is -5.32. The Bertz CT molecular complexity index is 1530. The van der Waals surface area contributed by atoms with Gasteiger partial charge in [-0.25, -0.2) is 19.2 Å². The molecule has 0 radical (unpaired) electrons. The van der Waals surface area contributed by atoms with E-state index in [9.17, 15) is 38.4 Å². The molecule has 1 saturated heterocycles. The Morgan fingerprint density at radius 1 is 0.417 bits per heavy atom. The normalized spacial score (nSPS) is 16.9. The number of carbonyl (C=O) groups excluding carboxylic acids is 8. The first-order valence-corrected chi connectivity index (χ1v) is 20.1. The van der Waals surface area contributed by atoms with E-state index in [-0.39, 0.29) is 93.7 Å². The zero-order valence-electron chi connectivity index (χ0n) is 35.5. The van der Waals surface area contributed by atoms with Crippen LogP contribution in [0, 0.1) is 0 Å². The molecular formula is C43H62O17. The standard InChI is InChI=1S/C43H62O17/c1-28(2)39(48)52-23-15-10-9-11-19-35(46)59-38-37(58-34(45)21-13-17-25-54-41(50)30(5)6)32(57-33(44)20-12-16-24-53-40(49)29(3)4)27-56-43(38)60-36(47)22-14-18-26-55-42(51)31(7)8/h32,37-38,43H,1,3,5,7,9-27H2,2,4,6,8H3/t32-,37+,38-,43?/m1/s1. The van der Waals surface area contributed by atoms with Gasteiger partial charge in [-0.05, 0) is 79.1 Å². The molecule has 60 heavy (non-hydrogen) atoms. The van der Waals surface area contributed by atoms with Crippen LogP contribution in [0.1, 0.15) is 118 Å². The van der Waals surface area contributed by atoms with E-state index in [0.29, 0.717) is 44.9 Å². The van der Waals surface area contributed by atoms with Crippen molar-refractivity contribution in [3.63, 3.8) is 0 Å². The number of ether oxygens (including phenoxy) is 9. The van der Waals surface area contributed by atoms with Gasteiger partial charge in [-0.15, -0.1) is 0 Å². The summed E-state index contributed by atoms with van der Waals surface area (Å²) < 4.78 is 48.9. The van der Waals surface area contributed by atoms with Crippen LogP contribution in [0.2, 0.25) is 0 Å². The average Bonchev–Trinajstić information content (AvgIpc) is 3.18. The highest BCUT2D eigenvalue weighted by atomic mass is 16.7. The third-order valence-corrected chi connectivity index (χ3v) is 8.38. The largest absolute Gasteiger partial charge is 0.462 e. The van der Waals surface area contributed by atoms with Crippen LogP contribution in [0.25, 0.3) is 0 Å². The summed E-state index contributed by atoms with van der Waals surface area (Å²) in [5.74, 6) is -5.15. The van der Waals surface area contributed by atoms with E-state index in [1.165, 1.54) is 20.8 Å².